The van der Waals surface area contributed by atoms with Gasteiger partial charge in [0.05, 0.1) is 12.7 Å². The number of aromatic nitrogens is 3. The van der Waals surface area contributed by atoms with Crippen molar-refractivity contribution in [3.63, 3.8) is 0 Å². The maximum atomic E-state index is 11.4. The number of carbonyl (C=O) groups is 1. The van der Waals surface area contributed by atoms with Gasteiger partial charge in [0.15, 0.2) is 5.78 Å². The van der Waals surface area contributed by atoms with Crippen molar-refractivity contribution in [3.8, 4) is 12.3 Å². The van der Waals surface area contributed by atoms with Crippen LogP contribution in [-0.4, -0.2) is 27.3 Å². The van der Waals surface area contributed by atoms with Crippen molar-refractivity contribution in [2.75, 3.05) is 6.54 Å². The van der Waals surface area contributed by atoms with Crippen LogP contribution in [0, 0.1) is 12.3 Å². The zero-order valence-corrected chi connectivity index (χ0v) is 7.81. The van der Waals surface area contributed by atoms with Gasteiger partial charge in [-0.2, -0.15) is 0 Å². The summed E-state index contributed by atoms with van der Waals surface area (Å²) in [5, 5.41) is 7.48. The molecule has 74 valence electrons. The summed E-state index contributed by atoms with van der Waals surface area (Å²) in [6, 6.07) is 0. The number of nitrogens with zero attached hydrogens (tertiary/aromatic N) is 3. The Morgan fingerprint density at radius 3 is 3.14 bits per heavy atom. The van der Waals surface area contributed by atoms with Crippen LogP contribution >= 0.6 is 0 Å². The number of terminal acetylenes is 1. The molecule has 0 bridgehead atoms. The molecule has 14 heavy (non-hydrogen) atoms. The van der Waals surface area contributed by atoms with Gasteiger partial charge in [0.1, 0.15) is 5.69 Å². The van der Waals surface area contributed by atoms with Crippen molar-refractivity contribution in [1.29, 1.82) is 0 Å². The number of hydrogen-bond acceptors (Lipinski definition) is 4. The molecule has 0 spiro atoms. The van der Waals surface area contributed by atoms with E-state index in [1.165, 1.54) is 0 Å². The third-order valence-electron chi connectivity index (χ3n) is 1.68. The van der Waals surface area contributed by atoms with E-state index in [0.717, 1.165) is 0 Å². The first-order chi connectivity index (χ1) is 6.77. The SMILES string of the molecule is C#CCCC(=O)c1cn(CCN)nn1. The fraction of sp³-hybridized carbons (Fsp3) is 0.444. The fourth-order valence-corrected chi connectivity index (χ4v) is 0.981. The number of carbonyl (C=O) groups excluding carboxylic acids is 1. The van der Waals surface area contributed by atoms with Crippen LogP contribution in [0.1, 0.15) is 23.3 Å². The van der Waals surface area contributed by atoms with Crippen molar-refractivity contribution >= 4 is 5.78 Å². The van der Waals surface area contributed by atoms with Gasteiger partial charge in [-0.05, 0) is 0 Å². The minimum Gasteiger partial charge on any atom is -0.329 e. The van der Waals surface area contributed by atoms with E-state index in [9.17, 15) is 4.79 Å². The lowest BCUT2D eigenvalue weighted by Gasteiger charge is -1.93. The second-order valence-corrected chi connectivity index (χ2v) is 2.78. The first kappa shape index (κ1) is 10.4. The van der Waals surface area contributed by atoms with E-state index in [4.69, 9.17) is 12.2 Å². The number of hydrogen-bond donors (Lipinski definition) is 1. The van der Waals surface area contributed by atoms with Crippen LogP contribution < -0.4 is 5.73 Å². The first-order valence-corrected chi connectivity index (χ1v) is 4.34. The number of ketones is 1. The van der Waals surface area contributed by atoms with E-state index >= 15 is 0 Å². The van der Waals surface area contributed by atoms with Crippen LogP contribution in [0.5, 0.6) is 0 Å². The molecule has 0 aliphatic rings. The third-order valence-corrected chi connectivity index (χ3v) is 1.68. The van der Waals surface area contributed by atoms with Crippen LogP contribution in [-0.2, 0) is 6.54 Å². The highest BCUT2D eigenvalue weighted by molar-refractivity contribution is 5.93. The summed E-state index contributed by atoms with van der Waals surface area (Å²) in [6.07, 6.45) is 7.39. The smallest absolute Gasteiger partial charge is 0.185 e. The minimum atomic E-state index is -0.0776. The minimum absolute atomic E-state index is 0.0776. The largest absolute Gasteiger partial charge is 0.329 e. The molecule has 5 nitrogen and oxygen atoms in total. The Labute approximate surface area is 82.3 Å². The molecule has 0 saturated heterocycles. The topological polar surface area (TPSA) is 73.8 Å². The van der Waals surface area contributed by atoms with E-state index in [-0.39, 0.29) is 5.78 Å². The Kier molecular flexibility index (Phi) is 3.83. The second-order valence-electron chi connectivity index (χ2n) is 2.78. The van der Waals surface area contributed by atoms with Crippen LogP contribution in [0.25, 0.3) is 0 Å². The lowest BCUT2D eigenvalue weighted by molar-refractivity contribution is 0.0979. The van der Waals surface area contributed by atoms with E-state index in [1.807, 2.05) is 0 Å². The molecular formula is C9H12N4O. The molecule has 2 N–H and O–H groups in total. The molecule has 0 unspecified atom stereocenters. The monoisotopic (exact) mass is 192 g/mol. The Morgan fingerprint density at radius 2 is 2.50 bits per heavy atom. The molecule has 0 aliphatic carbocycles. The Bertz CT molecular complexity index is 350. The van der Waals surface area contributed by atoms with Gasteiger partial charge < -0.3 is 5.73 Å². The molecule has 0 radical (unpaired) electrons. The first-order valence-electron chi connectivity index (χ1n) is 4.34. The second kappa shape index (κ2) is 5.14. The van der Waals surface area contributed by atoms with Gasteiger partial charge in [0.2, 0.25) is 0 Å². The highest BCUT2D eigenvalue weighted by Crippen LogP contribution is 2.00. The summed E-state index contributed by atoms with van der Waals surface area (Å²) in [6.45, 7) is 1.04. The van der Waals surface area contributed by atoms with Gasteiger partial charge in [-0.15, -0.1) is 17.4 Å². The van der Waals surface area contributed by atoms with Crippen LogP contribution in [0.2, 0.25) is 0 Å². The van der Waals surface area contributed by atoms with Gasteiger partial charge in [-0.25, -0.2) is 0 Å². The van der Waals surface area contributed by atoms with Crippen molar-refractivity contribution in [3.05, 3.63) is 11.9 Å². The molecule has 0 saturated carbocycles. The molecular weight excluding hydrogens is 180 g/mol. The summed E-state index contributed by atoms with van der Waals surface area (Å²) in [4.78, 5) is 11.4. The fourth-order valence-electron chi connectivity index (χ4n) is 0.981. The van der Waals surface area contributed by atoms with Gasteiger partial charge >= 0.3 is 0 Å². The molecule has 0 amide bonds. The zero-order chi connectivity index (χ0) is 10.4. The van der Waals surface area contributed by atoms with Gasteiger partial charge in [-0.3, -0.25) is 9.48 Å². The van der Waals surface area contributed by atoms with Crippen LogP contribution in [0.3, 0.4) is 0 Å². The highest BCUT2D eigenvalue weighted by Gasteiger charge is 2.09. The normalized spacial score (nSPS) is 9.71. The average Bonchev–Trinajstić information content (AvgIpc) is 2.63. The Morgan fingerprint density at radius 1 is 1.71 bits per heavy atom. The van der Waals surface area contributed by atoms with E-state index in [2.05, 4.69) is 16.2 Å². The maximum absolute atomic E-state index is 11.4. The molecule has 1 aromatic rings. The van der Waals surface area contributed by atoms with Crippen molar-refractivity contribution in [1.82, 2.24) is 15.0 Å². The highest BCUT2D eigenvalue weighted by atomic mass is 16.1. The van der Waals surface area contributed by atoms with Crippen molar-refractivity contribution in [2.24, 2.45) is 5.73 Å². The summed E-state index contributed by atoms with van der Waals surface area (Å²) in [5.74, 6) is 2.33. The number of nitrogens with two attached hydrogens (primary N) is 1. The predicted octanol–water partition coefficient (Wildman–Crippen LogP) is -0.167. The molecule has 0 aliphatic heterocycles. The van der Waals surface area contributed by atoms with E-state index < -0.39 is 0 Å². The molecule has 1 heterocycles. The zero-order valence-electron chi connectivity index (χ0n) is 7.81. The van der Waals surface area contributed by atoms with Crippen molar-refractivity contribution < 1.29 is 4.79 Å². The average molecular weight is 192 g/mol. The molecule has 0 aromatic carbocycles. The molecule has 0 fully saturated rings. The van der Waals surface area contributed by atoms with E-state index in [1.54, 1.807) is 10.9 Å². The lowest BCUT2D eigenvalue weighted by atomic mass is 10.2. The van der Waals surface area contributed by atoms with Gasteiger partial charge in [0.25, 0.3) is 0 Å². The molecule has 0 atom stereocenters. The molecule has 5 heteroatoms. The quantitative estimate of drug-likeness (QED) is 0.519. The molecule has 1 rings (SSSR count). The number of Topliss-reactive ketones (excluding diaryl/α,β-unsaturated/α-hetero) is 1. The summed E-state index contributed by atoms with van der Waals surface area (Å²) >= 11 is 0. The summed E-state index contributed by atoms with van der Waals surface area (Å²) in [5.41, 5.74) is 5.68. The van der Waals surface area contributed by atoms with Gasteiger partial charge in [0, 0.05) is 19.4 Å². The Hall–Kier alpha value is -1.67. The van der Waals surface area contributed by atoms with Crippen LogP contribution in [0.4, 0.5) is 0 Å². The van der Waals surface area contributed by atoms with E-state index in [0.29, 0.717) is 31.6 Å². The number of rotatable bonds is 5. The Balaban J connectivity index is 2.58. The van der Waals surface area contributed by atoms with Gasteiger partial charge in [-0.1, -0.05) is 5.21 Å². The maximum Gasteiger partial charge on any atom is 0.185 e. The summed E-state index contributed by atoms with van der Waals surface area (Å²) < 4.78 is 1.54. The van der Waals surface area contributed by atoms with Crippen molar-refractivity contribution in [2.45, 2.75) is 19.4 Å². The predicted molar refractivity (Wildman–Crippen MR) is 51.5 cm³/mol. The molecule has 1 aromatic heterocycles. The third kappa shape index (κ3) is 2.68. The standard InChI is InChI=1S/C9H12N4O/c1-2-3-4-9(14)8-7-13(6-5-10)12-11-8/h1,7H,3-6,10H2. The summed E-state index contributed by atoms with van der Waals surface area (Å²) in [7, 11) is 0. The lowest BCUT2D eigenvalue weighted by Crippen LogP contribution is -2.10. The van der Waals surface area contributed by atoms with Crippen LogP contribution in [0.15, 0.2) is 6.20 Å².